The van der Waals surface area contributed by atoms with E-state index in [4.69, 9.17) is 31.8 Å². The first-order chi connectivity index (χ1) is 7.80. The fourth-order valence-corrected chi connectivity index (χ4v) is 3.33. The molecule has 0 saturated heterocycles. The van der Waals surface area contributed by atoms with Crippen LogP contribution >= 0.6 is 38.2 Å². The molecule has 0 atom stereocenters. The molecule has 0 saturated carbocycles. The third kappa shape index (κ3) is 3.64. The maximum Gasteiger partial charge on any atom is 0.236 e. The molecule has 8 heteroatoms. The van der Waals surface area contributed by atoms with E-state index in [1.807, 2.05) is 0 Å². The minimum atomic E-state index is -3.73. The van der Waals surface area contributed by atoms with Gasteiger partial charge in [0.05, 0.1) is 24.4 Å². The normalized spacial score (nSPS) is 11.4. The molecule has 1 aromatic carbocycles. The van der Waals surface area contributed by atoms with Gasteiger partial charge in [0.1, 0.15) is 0 Å². The number of benzene rings is 1. The summed E-state index contributed by atoms with van der Waals surface area (Å²) < 4.78 is 33.0. The number of hydrogen-bond donors (Lipinski definition) is 0. The van der Waals surface area contributed by atoms with E-state index in [0.717, 1.165) is 0 Å². The molecule has 0 aromatic heterocycles. The zero-order valence-electron chi connectivity index (χ0n) is 8.96. The molecule has 0 aliphatic rings. The summed E-state index contributed by atoms with van der Waals surface area (Å²) in [5.41, 5.74) is 0.268. The topological polar surface area (TPSA) is 52.6 Å². The van der Waals surface area contributed by atoms with Crippen molar-refractivity contribution < 1.29 is 17.9 Å². The number of hydrogen-bond acceptors (Lipinski definition) is 4. The Morgan fingerprint density at radius 3 is 2.24 bits per heavy atom. The van der Waals surface area contributed by atoms with Gasteiger partial charge in [0.25, 0.3) is 0 Å². The zero-order chi connectivity index (χ0) is 13.2. The molecule has 0 unspecified atom stereocenters. The fraction of sp³-hybridized carbons (Fsp3) is 0.333. The van der Waals surface area contributed by atoms with Crippen molar-refractivity contribution in [3.63, 3.8) is 0 Å². The Morgan fingerprint density at radius 2 is 1.82 bits per heavy atom. The van der Waals surface area contributed by atoms with Crippen LogP contribution in [0.2, 0.25) is 5.02 Å². The third-order valence-corrected chi connectivity index (χ3v) is 3.85. The van der Waals surface area contributed by atoms with E-state index >= 15 is 0 Å². The summed E-state index contributed by atoms with van der Waals surface area (Å²) in [5.74, 6) is 0.184. The molecule has 1 aromatic rings. The summed E-state index contributed by atoms with van der Waals surface area (Å²) >= 11 is 9.20. The Morgan fingerprint density at radius 1 is 1.29 bits per heavy atom. The number of halogens is 3. The highest BCUT2D eigenvalue weighted by atomic mass is 79.9. The van der Waals surface area contributed by atoms with Gasteiger partial charge in [-0.2, -0.15) is 0 Å². The molecule has 0 aliphatic heterocycles. The van der Waals surface area contributed by atoms with Crippen LogP contribution in [0.3, 0.4) is 0 Å². The second-order valence-electron chi connectivity index (χ2n) is 3.07. The van der Waals surface area contributed by atoms with Gasteiger partial charge in [-0.05, 0) is 22.0 Å². The second-order valence-corrected chi connectivity index (χ2v) is 7.11. The summed E-state index contributed by atoms with van der Waals surface area (Å²) in [6.45, 7) is 0. The third-order valence-electron chi connectivity index (χ3n) is 1.96. The van der Waals surface area contributed by atoms with E-state index in [-0.39, 0.29) is 16.3 Å². The van der Waals surface area contributed by atoms with Gasteiger partial charge in [-0.15, -0.1) is 0 Å². The van der Waals surface area contributed by atoms with Crippen molar-refractivity contribution in [2.45, 2.75) is 5.75 Å². The minimum absolute atomic E-state index is 0.235. The van der Waals surface area contributed by atoms with Crippen molar-refractivity contribution in [3.8, 4) is 11.5 Å². The first-order valence-electron chi connectivity index (χ1n) is 4.31. The quantitative estimate of drug-likeness (QED) is 0.771. The van der Waals surface area contributed by atoms with Gasteiger partial charge in [-0.1, -0.05) is 11.6 Å². The lowest BCUT2D eigenvalue weighted by Crippen LogP contribution is -2.02. The van der Waals surface area contributed by atoms with Gasteiger partial charge < -0.3 is 9.47 Å². The molecule has 0 radical (unpaired) electrons. The summed E-state index contributed by atoms with van der Waals surface area (Å²) in [6.07, 6.45) is 0. The Balaban J connectivity index is 3.47. The molecule has 0 amide bonds. The van der Waals surface area contributed by atoms with Crippen molar-refractivity contribution in [1.29, 1.82) is 0 Å². The second kappa shape index (κ2) is 5.65. The van der Waals surface area contributed by atoms with Crippen LogP contribution in [-0.2, 0) is 14.8 Å². The van der Waals surface area contributed by atoms with E-state index < -0.39 is 14.8 Å². The molecule has 0 spiro atoms. The van der Waals surface area contributed by atoms with Crippen LogP contribution in [0.25, 0.3) is 0 Å². The van der Waals surface area contributed by atoms with Crippen LogP contribution < -0.4 is 9.47 Å². The highest BCUT2D eigenvalue weighted by molar-refractivity contribution is 9.10. The zero-order valence-corrected chi connectivity index (χ0v) is 12.9. The first kappa shape index (κ1) is 14.9. The molecule has 0 fully saturated rings. The van der Waals surface area contributed by atoms with E-state index in [0.29, 0.717) is 10.2 Å². The van der Waals surface area contributed by atoms with E-state index in [2.05, 4.69) is 15.9 Å². The SMILES string of the molecule is COc1c(Br)cc(Cl)c(CS(=O)(=O)Cl)c1OC. The Hall–Kier alpha value is -0.170. The van der Waals surface area contributed by atoms with Gasteiger partial charge in [-0.25, -0.2) is 8.42 Å². The maximum atomic E-state index is 11.1. The molecule has 4 nitrogen and oxygen atoms in total. The van der Waals surface area contributed by atoms with E-state index in [1.54, 1.807) is 0 Å². The number of rotatable bonds is 4. The monoisotopic (exact) mass is 362 g/mol. The molecular weight excluding hydrogens is 355 g/mol. The Labute approximate surface area is 117 Å². The van der Waals surface area contributed by atoms with Crippen molar-refractivity contribution in [1.82, 2.24) is 0 Å². The lowest BCUT2D eigenvalue weighted by atomic mass is 10.2. The smallest absolute Gasteiger partial charge is 0.236 e. The van der Waals surface area contributed by atoms with Crippen LogP contribution in [0, 0.1) is 0 Å². The number of ether oxygens (including phenoxy) is 2. The van der Waals surface area contributed by atoms with Gasteiger partial charge >= 0.3 is 0 Å². The summed E-state index contributed by atoms with van der Waals surface area (Å²) in [5, 5.41) is 0.235. The van der Waals surface area contributed by atoms with Crippen molar-refractivity contribution in [2.75, 3.05) is 14.2 Å². The van der Waals surface area contributed by atoms with Gasteiger partial charge in [0.2, 0.25) is 9.05 Å². The predicted molar refractivity (Wildman–Crippen MR) is 70.7 cm³/mol. The molecule has 0 N–H and O–H groups in total. The van der Waals surface area contributed by atoms with Crippen LogP contribution in [0.5, 0.6) is 11.5 Å². The van der Waals surface area contributed by atoms with Crippen molar-refractivity contribution in [3.05, 3.63) is 21.1 Å². The van der Waals surface area contributed by atoms with Gasteiger partial charge in [0.15, 0.2) is 11.5 Å². The van der Waals surface area contributed by atoms with E-state index in [1.165, 1.54) is 20.3 Å². The molecule has 96 valence electrons. The lowest BCUT2D eigenvalue weighted by molar-refractivity contribution is 0.351. The van der Waals surface area contributed by atoms with Crippen molar-refractivity contribution >= 4 is 47.3 Å². The Kier molecular flexibility index (Phi) is 4.95. The summed E-state index contributed by atoms with van der Waals surface area (Å²) in [6, 6.07) is 1.53. The standard InChI is InChI=1S/C9H9BrCl2O4S/c1-15-8-5(4-17(12,13)14)7(11)3-6(10)9(8)16-2/h3H,4H2,1-2H3. The molecule has 0 heterocycles. The highest BCUT2D eigenvalue weighted by Crippen LogP contribution is 2.43. The summed E-state index contributed by atoms with van der Waals surface area (Å²) in [7, 11) is 4.31. The molecule has 0 aliphatic carbocycles. The predicted octanol–water partition coefficient (Wildman–Crippen LogP) is 3.19. The van der Waals surface area contributed by atoms with Crippen molar-refractivity contribution in [2.24, 2.45) is 0 Å². The maximum absolute atomic E-state index is 11.1. The molecule has 0 bridgehead atoms. The Bertz CT molecular complexity index is 530. The fourth-order valence-electron chi connectivity index (χ4n) is 1.33. The first-order valence-corrected chi connectivity index (χ1v) is 7.96. The minimum Gasteiger partial charge on any atom is -0.492 e. The van der Waals surface area contributed by atoms with Gasteiger partial charge in [-0.3, -0.25) is 0 Å². The van der Waals surface area contributed by atoms with Crippen LogP contribution in [0.4, 0.5) is 0 Å². The molecular formula is C9H9BrCl2O4S. The molecule has 17 heavy (non-hydrogen) atoms. The van der Waals surface area contributed by atoms with Crippen LogP contribution in [0.1, 0.15) is 5.56 Å². The van der Waals surface area contributed by atoms with Crippen LogP contribution in [-0.4, -0.2) is 22.6 Å². The summed E-state index contributed by atoms with van der Waals surface area (Å²) in [4.78, 5) is 0. The molecule has 1 rings (SSSR count). The lowest BCUT2D eigenvalue weighted by Gasteiger charge is -2.14. The largest absolute Gasteiger partial charge is 0.492 e. The van der Waals surface area contributed by atoms with E-state index in [9.17, 15) is 8.42 Å². The van der Waals surface area contributed by atoms with Gasteiger partial charge in [0, 0.05) is 21.3 Å². The number of methoxy groups -OCH3 is 2. The average Bonchev–Trinajstić information content (AvgIpc) is 2.19. The highest BCUT2D eigenvalue weighted by Gasteiger charge is 2.21. The van der Waals surface area contributed by atoms with Crippen LogP contribution in [0.15, 0.2) is 10.5 Å². The average molecular weight is 364 g/mol.